The standard InChI is InChI=1S/C18H21NO3/c1-12-10-11-14(20)16(19-17(21)22-18(2,3)4)15(12)13-8-6-5-7-9-13/h5-11,20H,1-4H3,(H,19,21). The van der Waals surface area contributed by atoms with E-state index in [9.17, 15) is 9.90 Å². The average molecular weight is 299 g/mol. The number of aromatic hydroxyl groups is 1. The lowest BCUT2D eigenvalue weighted by atomic mass is 9.98. The molecule has 2 aromatic carbocycles. The van der Waals surface area contributed by atoms with Gasteiger partial charge in [0.1, 0.15) is 11.4 Å². The fourth-order valence-electron chi connectivity index (χ4n) is 2.20. The number of nitrogens with one attached hydrogen (secondary N) is 1. The quantitative estimate of drug-likeness (QED) is 0.789. The minimum absolute atomic E-state index is 0.00955. The van der Waals surface area contributed by atoms with Crippen LogP contribution in [0.2, 0.25) is 0 Å². The van der Waals surface area contributed by atoms with Crippen molar-refractivity contribution in [3.63, 3.8) is 0 Å². The van der Waals surface area contributed by atoms with Gasteiger partial charge in [0.05, 0.1) is 5.69 Å². The van der Waals surface area contributed by atoms with Gasteiger partial charge in [0.15, 0.2) is 0 Å². The van der Waals surface area contributed by atoms with E-state index in [1.807, 2.05) is 43.3 Å². The molecule has 0 saturated heterocycles. The number of carbonyl (C=O) groups is 1. The predicted octanol–water partition coefficient (Wildman–Crippen LogP) is 4.71. The van der Waals surface area contributed by atoms with E-state index in [4.69, 9.17) is 4.74 Å². The van der Waals surface area contributed by atoms with Crippen molar-refractivity contribution in [1.29, 1.82) is 0 Å². The van der Waals surface area contributed by atoms with Crippen molar-refractivity contribution in [2.45, 2.75) is 33.3 Å². The smallest absolute Gasteiger partial charge is 0.412 e. The highest BCUT2D eigenvalue weighted by atomic mass is 16.6. The number of phenolic OH excluding ortho intramolecular Hbond substituents is 1. The van der Waals surface area contributed by atoms with Gasteiger partial charge in [-0.15, -0.1) is 0 Å². The summed E-state index contributed by atoms with van der Waals surface area (Å²) in [6.45, 7) is 7.31. The second-order valence-electron chi connectivity index (χ2n) is 6.14. The van der Waals surface area contributed by atoms with Crippen molar-refractivity contribution in [2.75, 3.05) is 5.32 Å². The molecule has 2 aromatic rings. The largest absolute Gasteiger partial charge is 0.506 e. The van der Waals surface area contributed by atoms with Gasteiger partial charge in [-0.2, -0.15) is 0 Å². The van der Waals surface area contributed by atoms with Crippen molar-refractivity contribution >= 4 is 11.8 Å². The molecule has 2 N–H and O–H groups in total. The molecule has 0 aliphatic carbocycles. The van der Waals surface area contributed by atoms with Gasteiger partial charge in [-0.1, -0.05) is 36.4 Å². The molecule has 116 valence electrons. The second kappa shape index (κ2) is 6.10. The maximum atomic E-state index is 12.0. The zero-order valence-corrected chi connectivity index (χ0v) is 13.3. The zero-order valence-electron chi connectivity index (χ0n) is 13.3. The third-order valence-electron chi connectivity index (χ3n) is 3.08. The number of anilines is 1. The lowest BCUT2D eigenvalue weighted by Crippen LogP contribution is -2.27. The summed E-state index contributed by atoms with van der Waals surface area (Å²) in [5.41, 5.74) is 2.42. The Morgan fingerprint density at radius 1 is 1.09 bits per heavy atom. The van der Waals surface area contributed by atoms with Gasteiger partial charge in [-0.25, -0.2) is 4.79 Å². The normalized spacial score (nSPS) is 11.1. The molecule has 0 fully saturated rings. The van der Waals surface area contributed by atoms with Gasteiger partial charge in [-0.05, 0) is 44.9 Å². The lowest BCUT2D eigenvalue weighted by molar-refractivity contribution is 0.0635. The third-order valence-corrected chi connectivity index (χ3v) is 3.08. The summed E-state index contributed by atoms with van der Waals surface area (Å²) in [6.07, 6.45) is -0.592. The Kier molecular flexibility index (Phi) is 4.40. The summed E-state index contributed by atoms with van der Waals surface area (Å²) in [6, 6.07) is 13.0. The van der Waals surface area contributed by atoms with E-state index < -0.39 is 11.7 Å². The monoisotopic (exact) mass is 299 g/mol. The molecule has 0 aromatic heterocycles. The van der Waals surface area contributed by atoms with Gasteiger partial charge >= 0.3 is 6.09 Å². The SMILES string of the molecule is Cc1ccc(O)c(NC(=O)OC(C)(C)C)c1-c1ccccc1. The summed E-state index contributed by atoms with van der Waals surface area (Å²) in [5, 5.41) is 12.8. The number of rotatable bonds is 2. The molecule has 22 heavy (non-hydrogen) atoms. The van der Waals surface area contributed by atoms with Crippen LogP contribution in [0.1, 0.15) is 26.3 Å². The molecule has 2 rings (SSSR count). The summed E-state index contributed by atoms with van der Waals surface area (Å²) in [4.78, 5) is 12.0. The van der Waals surface area contributed by atoms with Crippen molar-refractivity contribution in [2.24, 2.45) is 0 Å². The zero-order chi connectivity index (χ0) is 16.3. The number of phenols is 1. The number of ether oxygens (including phenoxy) is 1. The van der Waals surface area contributed by atoms with Gasteiger partial charge in [0, 0.05) is 5.56 Å². The topological polar surface area (TPSA) is 58.6 Å². The average Bonchev–Trinajstić information content (AvgIpc) is 2.42. The Balaban J connectivity index is 2.43. The first-order chi connectivity index (χ1) is 10.3. The first-order valence-corrected chi connectivity index (χ1v) is 7.16. The van der Waals surface area contributed by atoms with Crippen LogP contribution in [0.15, 0.2) is 42.5 Å². The number of aryl methyl sites for hydroxylation is 1. The minimum atomic E-state index is -0.601. The summed E-state index contributed by atoms with van der Waals surface area (Å²) >= 11 is 0. The highest BCUT2D eigenvalue weighted by molar-refractivity contribution is 5.95. The van der Waals surface area contributed by atoms with Crippen LogP contribution in [0, 0.1) is 6.92 Å². The number of amides is 1. The second-order valence-corrected chi connectivity index (χ2v) is 6.14. The molecule has 0 bridgehead atoms. The molecule has 0 heterocycles. The van der Waals surface area contributed by atoms with E-state index in [1.165, 1.54) is 0 Å². The molecular weight excluding hydrogens is 278 g/mol. The first-order valence-electron chi connectivity index (χ1n) is 7.16. The molecule has 0 radical (unpaired) electrons. The van der Waals surface area contributed by atoms with E-state index in [-0.39, 0.29) is 5.75 Å². The molecule has 0 spiro atoms. The molecule has 0 saturated carbocycles. The molecule has 1 amide bonds. The van der Waals surface area contributed by atoms with E-state index in [0.717, 1.165) is 16.7 Å². The molecule has 0 unspecified atom stereocenters. The fourth-order valence-corrected chi connectivity index (χ4v) is 2.20. The Morgan fingerprint density at radius 2 is 1.73 bits per heavy atom. The van der Waals surface area contributed by atoms with Gasteiger partial charge < -0.3 is 9.84 Å². The highest BCUT2D eigenvalue weighted by Gasteiger charge is 2.20. The third kappa shape index (κ3) is 3.79. The van der Waals surface area contributed by atoms with Crippen LogP contribution in [0.4, 0.5) is 10.5 Å². The molecule has 0 aliphatic heterocycles. The molecule has 0 atom stereocenters. The van der Waals surface area contributed by atoms with E-state index in [1.54, 1.807) is 26.8 Å². The van der Waals surface area contributed by atoms with Crippen LogP contribution in [0.5, 0.6) is 5.75 Å². The minimum Gasteiger partial charge on any atom is -0.506 e. The Bertz CT molecular complexity index is 673. The number of benzene rings is 2. The van der Waals surface area contributed by atoms with E-state index >= 15 is 0 Å². The summed E-state index contributed by atoms with van der Waals surface area (Å²) < 4.78 is 5.27. The number of hydrogen-bond donors (Lipinski definition) is 2. The predicted molar refractivity (Wildman–Crippen MR) is 88.1 cm³/mol. The maximum Gasteiger partial charge on any atom is 0.412 e. The van der Waals surface area contributed by atoms with Gasteiger partial charge in [-0.3, -0.25) is 5.32 Å². The van der Waals surface area contributed by atoms with E-state index in [2.05, 4.69) is 5.32 Å². The van der Waals surface area contributed by atoms with Crippen molar-refractivity contribution in [3.8, 4) is 16.9 Å². The van der Waals surface area contributed by atoms with E-state index in [0.29, 0.717) is 5.69 Å². The van der Waals surface area contributed by atoms with Gasteiger partial charge in [0.2, 0.25) is 0 Å². The molecule has 0 aliphatic rings. The van der Waals surface area contributed by atoms with Crippen molar-refractivity contribution in [1.82, 2.24) is 0 Å². The Labute approximate surface area is 130 Å². The lowest BCUT2D eigenvalue weighted by Gasteiger charge is -2.21. The Hall–Kier alpha value is -2.49. The van der Waals surface area contributed by atoms with Crippen LogP contribution >= 0.6 is 0 Å². The highest BCUT2D eigenvalue weighted by Crippen LogP contribution is 2.38. The van der Waals surface area contributed by atoms with Crippen molar-refractivity contribution in [3.05, 3.63) is 48.0 Å². The van der Waals surface area contributed by atoms with Crippen LogP contribution < -0.4 is 5.32 Å². The van der Waals surface area contributed by atoms with Crippen LogP contribution in [-0.2, 0) is 4.74 Å². The van der Waals surface area contributed by atoms with Gasteiger partial charge in [0.25, 0.3) is 0 Å². The maximum absolute atomic E-state index is 12.0. The number of hydrogen-bond acceptors (Lipinski definition) is 3. The fraction of sp³-hybridized carbons (Fsp3) is 0.278. The van der Waals surface area contributed by atoms with Crippen LogP contribution in [-0.4, -0.2) is 16.8 Å². The van der Waals surface area contributed by atoms with Crippen molar-refractivity contribution < 1.29 is 14.6 Å². The van der Waals surface area contributed by atoms with Crippen LogP contribution in [0.25, 0.3) is 11.1 Å². The Morgan fingerprint density at radius 3 is 2.32 bits per heavy atom. The molecule has 4 nitrogen and oxygen atoms in total. The summed E-state index contributed by atoms with van der Waals surface area (Å²) in [7, 11) is 0. The molecular formula is C18H21NO3. The molecule has 4 heteroatoms. The summed E-state index contributed by atoms with van der Waals surface area (Å²) in [5.74, 6) is 0.00955. The first kappa shape index (κ1) is 15.9. The number of carbonyl (C=O) groups excluding carboxylic acids is 1. The van der Waals surface area contributed by atoms with Crippen LogP contribution in [0.3, 0.4) is 0 Å².